The minimum atomic E-state index is -0.157. The normalized spacial score (nSPS) is 10.5. The van der Waals surface area contributed by atoms with Crippen molar-refractivity contribution < 1.29 is 14.3 Å². The van der Waals surface area contributed by atoms with Gasteiger partial charge in [-0.3, -0.25) is 4.79 Å². The third-order valence-electron chi connectivity index (χ3n) is 4.18. The van der Waals surface area contributed by atoms with Gasteiger partial charge in [0.2, 0.25) is 0 Å². The number of amides is 1. The van der Waals surface area contributed by atoms with Gasteiger partial charge in [0.25, 0.3) is 5.91 Å². The fourth-order valence-electron chi connectivity index (χ4n) is 2.79. The SMILES string of the molecule is CCOc1c(Br)cc(C(=O)NCCc2ccc(-n3cccn3)cc2)cc1OC. The minimum Gasteiger partial charge on any atom is -0.493 e. The van der Waals surface area contributed by atoms with Crippen LogP contribution in [0, 0.1) is 0 Å². The number of halogens is 1. The third kappa shape index (κ3) is 4.72. The topological polar surface area (TPSA) is 65.4 Å². The van der Waals surface area contributed by atoms with Gasteiger partial charge in [-0.2, -0.15) is 5.10 Å². The molecule has 0 aliphatic carbocycles. The molecule has 0 bridgehead atoms. The van der Waals surface area contributed by atoms with E-state index < -0.39 is 0 Å². The zero-order chi connectivity index (χ0) is 19.9. The Morgan fingerprint density at radius 2 is 2.04 bits per heavy atom. The molecule has 0 aliphatic heterocycles. The summed E-state index contributed by atoms with van der Waals surface area (Å²) >= 11 is 3.44. The van der Waals surface area contributed by atoms with Crippen LogP contribution in [0.25, 0.3) is 5.69 Å². The van der Waals surface area contributed by atoms with Crippen LogP contribution in [0.3, 0.4) is 0 Å². The molecule has 28 heavy (non-hydrogen) atoms. The maximum atomic E-state index is 12.5. The van der Waals surface area contributed by atoms with Crippen molar-refractivity contribution >= 4 is 21.8 Å². The Morgan fingerprint density at radius 1 is 1.25 bits per heavy atom. The second-order valence-electron chi connectivity index (χ2n) is 6.05. The van der Waals surface area contributed by atoms with Crippen molar-refractivity contribution in [1.82, 2.24) is 15.1 Å². The number of nitrogens with zero attached hydrogens (tertiary/aromatic N) is 2. The highest BCUT2D eigenvalue weighted by molar-refractivity contribution is 9.10. The average Bonchev–Trinajstić information content (AvgIpc) is 3.24. The first kappa shape index (κ1) is 19.9. The largest absolute Gasteiger partial charge is 0.493 e. The van der Waals surface area contributed by atoms with Gasteiger partial charge in [0.1, 0.15) is 0 Å². The number of aromatic nitrogens is 2. The van der Waals surface area contributed by atoms with Crippen LogP contribution < -0.4 is 14.8 Å². The van der Waals surface area contributed by atoms with E-state index in [9.17, 15) is 4.79 Å². The number of carbonyl (C=O) groups is 1. The van der Waals surface area contributed by atoms with Crippen molar-refractivity contribution in [3.05, 3.63) is 70.5 Å². The molecule has 7 heteroatoms. The van der Waals surface area contributed by atoms with Crippen molar-refractivity contribution in [3.8, 4) is 17.2 Å². The second-order valence-corrected chi connectivity index (χ2v) is 6.90. The fourth-order valence-corrected chi connectivity index (χ4v) is 3.35. The van der Waals surface area contributed by atoms with E-state index in [1.807, 2.05) is 48.1 Å². The molecule has 0 fully saturated rings. The molecule has 0 spiro atoms. The van der Waals surface area contributed by atoms with Crippen LogP contribution in [0.4, 0.5) is 0 Å². The first-order valence-corrected chi connectivity index (χ1v) is 9.79. The number of hydrogen-bond donors (Lipinski definition) is 1. The zero-order valence-corrected chi connectivity index (χ0v) is 17.4. The average molecular weight is 444 g/mol. The van der Waals surface area contributed by atoms with E-state index in [4.69, 9.17) is 9.47 Å². The number of nitrogens with one attached hydrogen (secondary N) is 1. The summed E-state index contributed by atoms with van der Waals surface area (Å²) in [5, 5.41) is 7.16. The minimum absolute atomic E-state index is 0.157. The summed E-state index contributed by atoms with van der Waals surface area (Å²) in [5.74, 6) is 0.963. The molecule has 0 unspecified atom stereocenters. The van der Waals surface area contributed by atoms with E-state index in [1.165, 1.54) is 0 Å². The second kappa shape index (κ2) is 9.41. The molecule has 1 N–H and O–H groups in total. The predicted molar refractivity (Wildman–Crippen MR) is 111 cm³/mol. The van der Waals surface area contributed by atoms with Crippen LogP contribution in [0.1, 0.15) is 22.8 Å². The summed E-state index contributed by atoms with van der Waals surface area (Å²) in [4.78, 5) is 12.5. The van der Waals surface area contributed by atoms with Crippen LogP contribution in [-0.4, -0.2) is 35.9 Å². The first-order valence-electron chi connectivity index (χ1n) is 9.00. The zero-order valence-electron chi connectivity index (χ0n) is 15.8. The molecular formula is C21H22BrN3O3. The molecule has 0 aliphatic rings. The van der Waals surface area contributed by atoms with Crippen molar-refractivity contribution in [3.63, 3.8) is 0 Å². The smallest absolute Gasteiger partial charge is 0.251 e. The lowest BCUT2D eigenvalue weighted by atomic mass is 10.1. The molecule has 6 nitrogen and oxygen atoms in total. The Hall–Kier alpha value is -2.80. The van der Waals surface area contributed by atoms with E-state index in [0.717, 1.165) is 17.7 Å². The van der Waals surface area contributed by atoms with E-state index in [1.54, 1.807) is 25.4 Å². The monoisotopic (exact) mass is 443 g/mol. The van der Waals surface area contributed by atoms with Crippen LogP contribution in [0.5, 0.6) is 11.5 Å². The highest BCUT2D eigenvalue weighted by atomic mass is 79.9. The van der Waals surface area contributed by atoms with E-state index in [2.05, 4.69) is 26.3 Å². The Bertz CT molecular complexity index is 925. The van der Waals surface area contributed by atoms with Gasteiger partial charge in [0.05, 0.1) is 23.9 Å². The van der Waals surface area contributed by atoms with Gasteiger partial charge in [-0.05, 0) is 65.2 Å². The molecule has 2 aromatic carbocycles. The number of hydrogen-bond acceptors (Lipinski definition) is 4. The number of benzene rings is 2. The van der Waals surface area contributed by atoms with Gasteiger partial charge in [-0.1, -0.05) is 12.1 Å². The summed E-state index contributed by atoms with van der Waals surface area (Å²) in [6, 6.07) is 13.4. The van der Waals surface area contributed by atoms with Gasteiger partial charge in [0.15, 0.2) is 11.5 Å². The molecule has 0 saturated carbocycles. The summed E-state index contributed by atoms with van der Waals surface area (Å²) in [5.41, 5.74) is 2.66. The summed E-state index contributed by atoms with van der Waals surface area (Å²) < 4.78 is 13.4. The fraction of sp³-hybridized carbons (Fsp3) is 0.238. The van der Waals surface area contributed by atoms with Gasteiger partial charge in [0, 0.05) is 24.5 Å². The molecule has 0 saturated heterocycles. The van der Waals surface area contributed by atoms with Crippen LogP contribution in [0.15, 0.2) is 59.3 Å². The van der Waals surface area contributed by atoms with E-state index >= 15 is 0 Å². The Morgan fingerprint density at radius 3 is 2.68 bits per heavy atom. The third-order valence-corrected chi connectivity index (χ3v) is 4.77. The lowest BCUT2D eigenvalue weighted by molar-refractivity contribution is 0.0953. The van der Waals surface area contributed by atoms with E-state index in [0.29, 0.717) is 34.7 Å². The molecule has 0 radical (unpaired) electrons. The standard InChI is InChI=1S/C21H22BrN3O3/c1-3-28-20-18(22)13-16(14-19(20)27-2)21(26)23-11-9-15-5-7-17(8-6-15)25-12-4-10-24-25/h4-8,10,12-14H,3,9,11H2,1-2H3,(H,23,26). The quantitative estimate of drug-likeness (QED) is 0.570. The van der Waals surface area contributed by atoms with Gasteiger partial charge >= 0.3 is 0 Å². The molecule has 146 valence electrons. The number of methoxy groups -OCH3 is 1. The first-order chi connectivity index (χ1) is 13.6. The Balaban J connectivity index is 1.59. The Kier molecular flexibility index (Phi) is 6.71. The molecule has 3 rings (SSSR count). The van der Waals surface area contributed by atoms with Crippen LogP contribution in [0.2, 0.25) is 0 Å². The number of carbonyl (C=O) groups excluding carboxylic acids is 1. The molecule has 3 aromatic rings. The lowest BCUT2D eigenvalue weighted by Gasteiger charge is -2.13. The molecule has 1 heterocycles. The molecule has 1 aromatic heterocycles. The summed E-state index contributed by atoms with van der Waals surface area (Å²) in [6.07, 6.45) is 4.39. The van der Waals surface area contributed by atoms with Gasteiger partial charge in [-0.15, -0.1) is 0 Å². The van der Waals surface area contributed by atoms with Crippen molar-refractivity contribution in [2.75, 3.05) is 20.3 Å². The number of rotatable bonds is 8. The molecule has 0 atom stereocenters. The van der Waals surface area contributed by atoms with Crippen molar-refractivity contribution in [1.29, 1.82) is 0 Å². The molecule has 1 amide bonds. The highest BCUT2D eigenvalue weighted by Crippen LogP contribution is 2.36. The Labute approximate surface area is 172 Å². The molecular weight excluding hydrogens is 422 g/mol. The lowest BCUT2D eigenvalue weighted by Crippen LogP contribution is -2.25. The van der Waals surface area contributed by atoms with Crippen LogP contribution in [-0.2, 0) is 6.42 Å². The van der Waals surface area contributed by atoms with Crippen molar-refractivity contribution in [2.24, 2.45) is 0 Å². The predicted octanol–water partition coefficient (Wildman–Crippen LogP) is 4.01. The highest BCUT2D eigenvalue weighted by Gasteiger charge is 2.15. The summed E-state index contributed by atoms with van der Waals surface area (Å²) in [6.45, 7) is 2.95. The maximum absolute atomic E-state index is 12.5. The van der Waals surface area contributed by atoms with Gasteiger partial charge < -0.3 is 14.8 Å². The van der Waals surface area contributed by atoms with Gasteiger partial charge in [-0.25, -0.2) is 4.68 Å². The number of ether oxygens (including phenoxy) is 2. The van der Waals surface area contributed by atoms with Crippen molar-refractivity contribution in [2.45, 2.75) is 13.3 Å². The van der Waals surface area contributed by atoms with Crippen LogP contribution >= 0.6 is 15.9 Å². The maximum Gasteiger partial charge on any atom is 0.251 e. The summed E-state index contributed by atoms with van der Waals surface area (Å²) in [7, 11) is 1.55. The van der Waals surface area contributed by atoms with E-state index in [-0.39, 0.29) is 5.91 Å².